The summed E-state index contributed by atoms with van der Waals surface area (Å²) in [6.07, 6.45) is 1.81. The average Bonchev–Trinajstić information content (AvgIpc) is 3.01. The van der Waals surface area contributed by atoms with E-state index in [1.807, 2.05) is 25.1 Å². The second kappa shape index (κ2) is 5.37. The van der Waals surface area contributed by atoms with Crippen molar-refractivity contribution in [3.8, 4) is 0 Å². The van der Waals surface area contributed by atoms with Gasteiger partial charge >= 0.3 is 0 Å². The number of anilines is 1. The van der Waals surface area contributed by atoms with Crippen LogP contribution in [-0.4, -0.2) is 39.8 Å². The summed E-state index contributed by atoms with van der Waals surface area (Å²) >= 11 is 0. The van der Waals surface area contributed by atoms with Crippen LogP contribution in [-0.2, 0) is 9.84 Å². The standard InChI is InChI=1S/C15H22N2O2S/c1-2-9-20(18,19)15-6-4-3-5-13(15)17-8-7-12-10-16-11-14(12)17/h3-6,12,14,16H,2,7-11H2,1H3/t12-,14+/m0/s1. The zero-order valence-electron chi connectivity index (χ0n) is 11.9. The van der Waals surface area contributed by atoms with Gasteiger partial charge < -0.3 is 10.2 Å². The molecular formula is C15H22N2O2S. The number of rotatable bonds is 4. The van der Waals surface area contributed by atoms with Crippen molar-refractivity contribution < 1.29 is 8.42 Å². The van der Waals surface area contributed by atoms with Gasteiger partial charge in [-0.25, -0.2) is 8.42 Å². The van der Waals surface area contributed by atoms with Crippen molar-refractivity contribution in [3.05, 3.63) is 24.3 Å². The van der Waals surface area contributed by atoms with Crippen molar-refractivity contribution >= 4 is 15.5 Å². The van der Waals surface area contributed by atoms with Crippen molar-refractivity contribution in [1.82, 2.24) is 5.32 Å². The maximum absolute atomic E-state index is 12.5. The lowest BCUT2D eigenvalue weighted by molar-refractivity contribution is 0.576. The van der Waals surface area contributed by atoms with Crippen LogP contribution in [0.25, 0.3) is 0 Å². The minimum atomic E-state index is -3.17. The van der Waals surface area contributed by atoms with E-state index in [0.29, 0.717) is 23.3 Å². The molecule has 4 nitrogen and oxygen atoms in total. The van der Waals surface area contributed by atoms with E-state index in [9.17, 15) is 8.42 Å². The quantitative estimate of drug-likeness (QED) is 0.918. The predicted octanol–water partition coefficient (Wildman–Crippen LogP) is 1.67. The molecule has 0 spiro atoms. The van der Waals surface area contributed by atoms with Gasteiger partial charge in [0.25, 0.3) is 0 Å². The topological polar surface area (TPSA) is 49.4 Å². The first-order valence-electron chi connectivity index (χ1n) is 7.42. The number of hydrogen-bond donors (Lipinski definition) is 1. The Morgan fingerprint density at radius 1 is 1.30 bits per heavy atom. The monoisotopic (exact) mass is 294 g/mol. The Morgan fingerprint density at radius 2 is 2.10 bits per heavy atom. The highest BCUT2D eigenvalue weighted by molar-refractivity contribution is 7.91. The predicted molar refractivity (Wildman–Crippen MR) is 80.9 cm³/mol. The lowest BCUT2D eigenvalue weighted by Gasteiger charge is -2.27. The molecule has 5 heteroatoms. The van der Waals surface area contributed by atoms with Crippen molar-refractivity contribution in [2.24, 2.45) is 5.92 Å². The Hall–Kier alpha value is -1.07. The molecule has 20 heavy (non-hydrogen) atoms. The van der Waals surface area contributed by atoms with Gasteiger partial charge in [-0.3, -0.25) is 0 Å². The summed E-state index contributed by atoms with van der Waals surface area (Å²) in [5.74, 6) is 0.890. The fourth-order valence-electron chi connectivity index (χ4n) is 3.48. The molecular weight excluding hydrogens is 272 g/mol. The zero-order chi connectivity index (χ0) is 14.2. The molecule has 110 valence electrons. The Bertz CT molecular complexity index is 585. The summed E-state index contributed by atoms with van der Waals surface area (Å²) < 4.78 is 24.9. The van der Waals surface area contributed by atoms with Crippen LogP contribution in [0, 0.1) is 5.92 Å². The van der Waals surface area contributed by atoms with Crippen LogP contribution in [0.4, 0.5) is 5.69 Å². The van der Waals surface area contributed by atoms with E-state index in [2.05, 4.69) is 10.2 Å². The number of benzene rings is 1. The first-order chi connectivity index (χ1) is 9.63. The number of nitrogens with zero attached hydrogens (tertiary/aromatic N) is 1. The maximum atomic E-state index is 12.5. The summed E-state index contributed by atoms with van der Waals surface area (Å²) in [6, 6.07) is 7.94. The Labute approximate surface area is 121 Å². The van der Waals surface area contributed by atoms with Gasteiger partial charge in [0.15, 0.2) is 9.84 Å². The first kappa shape index (κ1) is 13.9. The van der Waals surface area contributed by atoms with Crippen LogP contribution in [0.5, 0.6) is 0 Å². The molecule has 0 radical (unpaired) electrons. The molecule has 2 saturated heterocycles. The van der Waals surface area contributed by atoms with Crippen LogP contribution >= 0.6 is 0 Å². The highest BCUT2D eigenvalue weighted by Gasteiger charge is 2.39. The number of para-hydroxylation sites is 1. The molecule has 1 aromatic rings. The number of nitrogens with one attached hydrogen (secondary N) is 1. The summed E-state index contributed by atoms with van der Waals surface area (Å²) in [5.41, 5.74) is 0.900. The van der Waals surface area contributed by atoms with Crippen molar-refractivity contribution in [2.45, 2.75) is 30.7 Å². The molecule has 0 aromatic heterocycles. The van der Waals surface area contributed by atoms with E-state index in [4.69, 9.17) is 0 Å². The Kier molecular flexibility index (Phi) is 3.73. The fourth-order valence-corrected chi connectivity index (χ4v) is 5.03. The molecule has 2 atom stereocenters. The lowest BCUT2D eigenvalue weighted by atomic mass is 10.1. The maximum Gasteiger partial charge on any atom is 0.180 e. The molecule has 0 amide bonds. The van der Waals surface area contributed by atoms with Crippen LogP contribution in [0.15, 0.2) is 29.2 Å². The molecule has 0 saturated carbocycles. The molecule has 2 aliphatic heterocycles. The van der Waals surface area contributed by atoms with Crippen LogP contribution in [0.1, 0.15) is 19.8 Å². The summed E-state index contributed by atoms with van der Waals surface area (Å²) in [6.45, 7) is 4.90. The van der Waals surface area contributed by atoms with Gasteiger partial charge in [-0.1, -0.05) is 19.1 Å². The molecule has 2 aliphatic rings. The van der Waals surface area contributed by atoms with Gasteiger partial charge in [-0.2, -0.15) is 0 Å². The van der Waals surface area contributed by atoms with Crippen LogP contribution in [0.2, 0.25) is 0 Å². The van der Waals surface area contributed by atoms with Gasteiger partial charge in [-0.15, -0.1) is 0 Å². The zero-order valence-corrected chi connectivity index (χ0v) is 12.7. The minimum Gasteiger partial charge on any atom is -0.366 e. The Morgan fingerprint density at radius 3 is 2.90 bits per heavy atom. The summed E-state index contributed by atoms with van der Waals surface area (Å²) in [7, 11) is -3.17. The van der Waals surface area contributed by atoms with Gasteiger partial charge in [0.2, 0.25) is 0 Å². The van der Waals surface area contributed by atoms with Gasteiger partial charge in [0, 0.05) is 25.7 Å². The number of sulfone groups is 1. The highest BCUT2D eigenvalue weighted by Crippen LogP contribution is 2.35. The molecule has 0 unspecified atom stereocenters. The van der Waals surface area contributed by atoms with Crippen molar-refractivity contribution in [3.63, 3.8) is 0 Å². The molecule has 1 aromatic carbocycles. The smallest absolute Gasteiger partial charge is 0.180 e. The Balaban J connectivity index is 1.98. The number of fused-ring (bicyclic) bond motifs is 1. The molecule has 1 N–H and O–H groups in total. The third kappa shape index (κ3) is 2.33. The van der Waals surface area contributed by atoms with Crippen molar-refractivity contribution in [2.75, 3.05) is 30.3 Å². The second-order valence-electron chi connectivity index (χ2n) is 5.75. The van der Waals surface area contributed by atoms with E-state index in [0.717, 1.165) is 31.7 Å². The second-order valence-corrected chi connectivity index (χ2v) is 7.83. The van der Waals surface area contributed by atoms with Crippen molar-refractivity contribution in [1.29, 1.82) is 0 Å². The van der Waals surface area contributed by atoms with E-state index >= 15 is 0 Å². The molecule has 2 fully saturated rings. The average molecular weight is 294 g/mol. The summed E-state index contributed by atoms with van der Waals surface area (Å²) in [4.78, 5) is 2.81. The van der Waals surface area contributed by atoms with Crippen LogP contribution < -0.4 is 10.2 Å². The molecule has 3 rings (SSSR count). The minimum absolute atomic E-state index is 0.226. The molecule has 0 aliphatic carbocycles. The normalized spacial score (nSPS) is 25.9. The fraction of sp³-hybridized carbons (Fsp3) is 0.600. The number of hydrogen-bond acceptors (Lipinski definition) is 4. The molecule has 2 heterocycles. The largest absolute Gasteiger partial charge is 0.366 e. The third-order valence-electron chi connectivity index (χ3n) is 4.43. The van der Waals surface area contributed by atoms with Gasteiger partial charge in [-0.05, 0) is 30.9 Å². The summed E-state index contributed by atoms with van der Waals surface area (Å²) in [5, 5.41) is 3.42. The van der Waals surface area contributed by atoms with E-state index < -0.39 is 9.84 Å². The lowest BCUT2D eigenvalue weighted by Crippen LogP contribution is -2.35. The van der Waals surface area contributed by atoms with E-state index in [1.165, 1.54) is 0 Å². The van der Waals surface area contributed by atoms with Gasteiger partial charge in [0.1, 0.15) is 0 Å². The van der Waals surface area contributed by atoms with Crippen LogP contribution in [0.3, 0.4) is 0 Å². The van der Waals surface area contributed by atoms with Gasteiger partial charge in [0.05, 0.1) is 16.3 Å². The third-order valence-corrected chi connectivity index (χ3v) is 6.39. The molecule has 0 bridgehead atoms. The highest BCUT2D eigenvalue weighted by atomic mass is 32.2. The first-order valence-corrected chi connectivity index (χ1v) is 9.08. The van der Waals surface area contributed by atoms with E-state index in [1.54, 1.807) is 6.07 Å². The SMILES string of the molecule is CCCS(=O)(=O)c1ccccc1N1CC[C@H]2CNC[C@H]21. The van der Waals surface area contributed by atoms with E-state index in [-0.39, 0.29) is 5.75 Å².